The maximum absolute atomic E-state index is 6.48. The molecule has 0 amide bonds. The van der Waals surface area contributed by atoms with E-state index in [-0.39, 0.29) is 6.04 Å². The Balaban J connectivity index is 1.87. The van der Waals surface area contributed by atoms with Crippen LogP contribution in [0.2, 0.25) is 0 Å². The Bertz CT molecular complexity index is 586. The van der Waals surface area contributed by atoms with Gasteiger partial charge in [0, 0.05) is 6.04 Å². The average Bonchev–Trinajstić information content (AvgIpc) is 2.69. The summed E-state index contributed by atoms with van der Waals surface area (Å²) in [6.45, 7) is 4.37. The Morgan fingerprint density at radius 3 is 2.58 bits per heavy atom. The Labute approximate surface area is 115 Å². The molecular formula is C18H21N. The highest BCUT2D eigenvalue weighted by molar-refractivity contribution is 5.44. The van der Waals surface area contributed by atoms with Crippen molar-refractivity contribution in [2.24, 2.45) is 11.7 Å². The van der Waals surface area contributed by atoms with Gasteiger partial charge >= 0.3 is 0 Å². The van der Waals surface area contributed by atoms with Gasteiger partial charge in [0.05, 0.1) is 0 Å². The SMILES string of the molecule is Cc1cc(C)c2c(c1)C(N)C(Cc1ccccc1)C2. The van der Waals surface area contributed by atoms with Crippen molar-refractivity contribution in [3.8, 4) is 0 Å². The molecule has 1 aliphatic rings. The van der Waals surface area contributed by atoms with E-state index in [2.05, 4.69) is 56.3 Å². The summed E-state index contributed by atoms with van der Waals surface area (Å²) < 4.78 is 0. The first-order valence-electron chi connectivity index (χ1n) is 7.04. The molecule has 0 spiro atoms. The van der Waals surface area contributed by atoms with Crippen molar-refractivity contribution in [2.75, 3.05) is 0 Å². The number of fused-ring (bicyclic) bond motifs is 1. The van der Waals surface area contributed by atoms with Crippen LogP contribution in [0, 0.1) is 19.8 Å². The Hall–Kier alpha value is -1.60. The number of hydrogen-bond donors (Lipinski definition) is 1. The fourth-order valence-corrected chi connectivity index (χ4v) is 3.37. The van der Waals surface area contributed by atoms with Crippen LogP contribution in [0.1, 0.15) is 33.9 Å². The van der Waals surface area contributed by atoms with Gasteiger partial charge in [-0.3, -0.25) is 0 Å². The van der Waals surface area contributed by atoms with Gasteiger partial charge in [-0.1, -0.05) is 48.0 Å². The minimum absolute atomic E-state index is 0.189. The molecule has 0 bridgehead atoms. The fourth-order valence-electron chi connectivity index (χ4n) is 3.37. The molecular weight excluding hydrogens is 230 g/mol. The van der Waals surface area contributed by atoms with E-state index < -0.39 is 0 Å². The highest BCUT2D eigenvalue weighted by atomic mass is 14.7. The topological polar surface area (TPSA) is 26.0 Å². The third-order valence-corrected chi connectivity index (χ3v) is 4.33. The molecule has 0 aromatic heterocycles. The standard InChI is InChI=1S/C18H21N/c1-12-8-13(2)16-11-15(18(19)17(16)9-12)10-14-6-4-3-5-7-14/h3-9,15,18H,10-11,19H2,1-2H3. The number of nitrogens with two attached hydrogens (primary N) is 1. The van der Waals surface area contributed by atoms with E-state index in [0.717, 1.165) is 12.8 Å². The van der Waals surface area contributed by atoms with E-state index in [1.807, 2.05) is 0 Å². The summed E-state index contributed by atoms with van der Waals surface area (Å²) in [5.74, 6) is 0.540. The lowest BCUT2D eigenvalue weighted by Gasteiger charge is -2.16. The largest absolute Gasteiger partial charge is 0.324 e. The van der Waals surface area contributed by atoms with Crippen molar-refractivity contribution >= 4 is 0 Å². The Kier molecular flexibility index (Phi) is 3.16. The van der Waals surface area contributed by atoms with Crippen molar-refractivity contribution in [3.05, 3.63) is 70.3 Å². The van der Waals surface area contributed by atoms with Crippen LogP contribution in [0.25, 0.3) is 0 Å². The first-order valence-corrected chi connectivity index (χ1v) is 7.04. The normalized spacial score (nSPS) is 21.4. The first kappa shape index (κ1) is 12.4. The van der Waals surface area contributed by atoms with Gasteiger partial charge in [-0.25, -0.2) is 0 Å². The smallest absolute Gasteiger partial charge is 0.0332 e. The van der Waals surface area contributed by atoms with Crippen LogP contribution in [0.5, 0.6) is 0 Å². The molecule has 2 unspecified atom stereocenters. The summed E-state index contributed by atoms with van der Waals surface area (Å²) in [5, 5.41) is 0. The van der Waals surface area contributed by atoms with Gasteiger partial charge in [-0.15, -0.1) is 0 Å². The van der Waals surface area contributed by atoms with Gasteiger partial charge in [0.1, 0.15) is 0 Å². The molecule has 1 aliphatic carbocycles. The zero-order valence-corrected chi connectivity index (χ0v) is 11.7. The van der Waals surface area contributed by atoms with E-state index in [1.54, 1.807) is 0 Å². The van der Waals surface area contributed by atoms with E-state index in [1.165, 1.54) is 27.8 Å². The van der Waals surface area contributed by atoms with E-state index in [4.69, 9.17) is 5.73 Å². The summed E-state index contributed by atoms with van der Waals surface area (Å²) in [6, 6.07) is 15.4. The number of benzene rings is 2. The molecule has 0 fully saturated rings. The molecule has 0 heterocycles. The van der Waals surface area contributed by atoms with Gasteiger partial charge in [-0.05, 0) is 54.9 Å². The molecule has 2 atom stereocenters. The number of hydrogen-bond acceptors (Lipinski definition) is 1. The fraction of sp³-hybridized carbons (Fsp3) is 0.333. The molecule has 0 radical (unpaired) electrons. The summed E-state index contributed by atoms with van der Waals surface area (Å²) >= 11 is 0. The number of aryl methyl sites for hydroxylation is 2. The quantitative estimate of drug-likeness (QED) is 0.865. The molecule has 2 N–H and O–H groups in total. The minimum Gasteiger partial charge on any atom is -0.324 e. The van der Waals surface area contributed by atoms with Crippen molar-refractivity contribution < 1.29 is 0 Å². The summed E-state index contributed by atoms with van der Waals surface area (Å²) in [5.41, 5.74) is 13.5. The Morgan fingerprint density at radius 1 is 1.11 bits per heavy atom. The lowest BCUT2D eigenvalue weighted by atomic mass is 9.93. The van der Waals surface area contributed by atoms with E-state index >= 15 is 0 Å². The molecule has 98 valence electrons. The second-order valence-corrected chi connectivity index (χ2v) is 5.83. The minimum atomic E-state index is 0.189. The molecule has 1 heteroatoms. The van der Waals surface area contributed by atoms with Crippen molar-refractivity contribution in [3.63, 3.8) is 0 Å². The van der Waals surface area contributed by atoms with Gasteiger partial charge in [0.2, 0.25) is 0 Å². The summed E-state index contributed by atoms with van der Waals surface area (Å²) in [4.78, 5) is 0. The molecule has 2 aromatic rings. The van der Waals surface area contributed by atoms with Crippen LogP contribution >= 0.6 is 0 Å². The predicted octanol–water partition coefficient (Wildman–Crippen LogP) is 3.72. The molecule has 3 rings (SSSR count). The van der Waals surface area contributed by atoms with Crippen LogP contribution in [0.15, 0.2) is 42.5 Å². The maximum atomic E-state index is 6.48. The molecule has 0 aliphatic heterocycles. The predicted molar refractivity (Wildman–Crippen MR) is 80.2 cm³/mol. The summed E-state index contributed by atoms with van der Waals surface area (Å²) in [7, 11) is 0. The second kappa shape index (κ2) is 4.82. The maximum Gasteiger partial charge on any atom is 0.0332 e. The lowest BCUT2D eigenvalue weighted by Crippen LogP contribution is -2.18. The zero-order valence-electron chi connectivity index (χ0n) is 11.7. The van der Waals surface area contributed by atoms with Crippen LogP contribution in [0.4, 0.5) is 0 Å². The highest BCUT2D eigenvalue weighted by Crippen LogP contribution is 2.38. The van der Waals surface area contributed by atoms with Gasteiger partial charge in [-0.2, -0.15) is 0 Å². The van der Waals surface area contributed by atoms with Crippen LogP contribution in [-0.2, 0) is 12.8 Å². The Morgan fingerprint density at radius 2 is 1.84 bits per heavy atom. The summed E-state index contributed by atoms with van der Waals surface area (Å²) in [6.07, 6.45) is 2.20. The van der Waals surface area contributed by atoms with Crippen LogP contribution in [-0.4, -0.2) is 0 Å². The molecule has 0 saturated carbocycles. The average molecular weight is 251 g/mol. The van der Waals surface area contributed by atoms with Gasteiger partial charge in [0.15, 0.2) is 0 Å². The first-order chi connectivity index (χ1) is 9.15. The molecule has 1 nitrogen and oxygen atoms in total. The second-order valence-electron chi connectivity index (χ2n) is 5.83. The number of rotatable bonds is 2. The lowest BCUT2D eigenvalue weighted by molar-refractivity contribution is 0.464. The monoisotopic (exact) mass is 251 g/mol. The zero-order chi connectivity index (χ0) is 13.4. The van der Waals surface area contributed by atoms with Gasteiger partial charge in [0.25, 0.3) is 0 Å². The van der Waals surface area contributed by atoms with E-state index in [0.29, 0.717) is 5.92 Å². The van der Waals surface area contributed by atoms with Gasteiger partial charge < -0.3 is 5.73 Å². The van der Waals surface area contributed by atoms with Crippen molar-refractivity contribution in [2.45, 2.75) is 32.7 Å². The third kappa shape index (κ3) is 2.31. The van der Waals surface area contributed by atoms with Crippen molar-refractivity contribution in [1.29, 1.82) is 0 Å². The molecule has 19 heavy (non-hydrogen) atoms. The molecule has 2 aromatic carbocycles. The molecule has 0 saturated heterocycles. The van der Waals surface area contributed by atoms with Crippen molar-refractivity contribution in [1.82, 2.24) is 0 Å². The van der Waals surface area contributed by atoms with E-state index in [9.17, 15) is 0 Å². The third-order valence-electron chi connectivity index (χ3n) is 4.33. The van der Waals surface area contributed by atoms with Crippen LogP contribution < -0.4 is 5.73 Å². The highest BCUT2D eigenvalue weighted by Gasteiger charge is 2.30. The van der Waals surface area contributed by atoms with Crippen LogP contribution in [0.3, 0.4) is 0 Å².